The highest BCUT2D eigenvalue weighted by molar-refractivity contribution is 5.40. The zero-order valence-electron chi connectivity index (χ0n) is 11.2. The topological polar surface area (TPSA) is 52.5 Å². The summed E-state index contributed by atoms with van der Waals surface area (Å²) < 4.78 is 0. The third-order valence-corrected chi connectivity index (χ3v) is 4.04. The lowest BCUT2D eigenvalue weighted by molar-refractivity contribution is 0.227. The second kappa shape index (κ2) is 5.61. The number of nitrogens with one attached hydrogen (secondary N) is 1. The van der Waals surface area contributed by atoms with Gasteiger partial charge < -0.3 is 15.5 Å². The fraction of sp³-hybridized carbons (Fsp3) is 0.600. The fourth-order valence-corrected chi connectivity index (χ4v) is 2.90. The number of aromatic hydroxyl groups is 2. The Morgan fingerprint density at radius 3 is 2.61 bits per heavy atom. The molecule has 0 aliphatic heterocycles. The molecule has 3 atom stereocenters. The summed E-state index contributed by atoms with van der Waals surface area (Å²) in [6.45, 7) is 5.38. The van der Waals surface area contributed by atoms with Gasteiger partial charge in [0.1, 0.15) is 0 Å². The third-order valence-electron chi connectivity index (χ3n) is 4.04. The van der Waals surface area contributed by atoms with Crippen molar-refractivity contribution in [1.29, 1.82) is 0 Å². The third kappa shape index (κ3) is 3.16. The summed E-state index contributed by atoms with van der Waals surface area (Å²) in [6.07, 6.45) is 3.81. The summed E-state index contributed by atoms with van der Waals surface area (Å²) in [7, 11) is 0. The fourth-order valence-electron chi connectivity index (χ4n) is 2.90. The van der Waals surface area contributed by atoms with Gasteiger partial charge in [0.2, 0.25) is 0 Å². The molecule has 100 valence electrons. The van der Waals surface area contributed by atoms with Gasteiger partial charge in [-0.05, 0) is 48.8 Å². The van der Waals surface area contributed by atoms with Crippen LogP contribution in [0.15, 0.2) is 18.2 Å². The zero-order valence-corrected chi connectivity index (χ0v) is 11.2. The molecule has 18 heavy (non-hydrogen) atoms. The maximum atomic E-state index is 9.45. The van der Waals surface area contributed by atoms with E-state index < -0.39 is 0 Å². The van der Waals surface area contributed by atoms with Crippen molar-refractivity contribution in [2.45, 2.75) is 45.7 Å². The van der Waals surface area contributed by atoms with Crippen LogP contribution in [0.4, 0.5) is 0 Å². The van der Waals surface area contributed by atoms with E-state index in [9.17, 15) is 10.2 Å². The zero-order chi connectivity index (χ0) is 13.1. The molecule has 1 aromatic carbocycles. The first-order valence-electron chi connectivity index (χ1n) is 6.80. The monoisotopic (exact) mass is 249 g/mol. The minimum Gasteiger partial charge on any atom is -0.504 e. The highest BCUT2D eigenvalue weighted by Gasteiger charge is 2.24. The maximum absolute atomic E-state index is 9.45. The van der Waals surface area contributed by atoms with Crippen molar-refractivity contribution in [2.24, 2.45) is 11.8 Å². The Balaban J connectivity index is 1.89. The van der Waals surface area contributed by atoms with Crippen molar-refractivity contribution in [3.8, 4) is 11.5 Å². The molecule has 0 spiro atoms. The molecule has 0 aromatic heterocycles. The van der Waals surface area contributed by atoms with Crippen LogP contribution in [0.3, 0.4) is 0 Å². The summed E-state index contributed by atoms with van der Waals surface area (Å²) in [5, 5.41) is 22.3. The van der Waals surface area contributed by atoms with Gasteiger partial charge in [-0.25, -0.2) is 0 Å². The van der Waals surface area contributed by atoms with Crippen LogP contribution in [0.5, 0.6) is 11.5 Å². The van der Waals surface area contributed by atoms with Crippen molar-refractivity contribution in [3.63, 3.8) is 0 Å². The first-order chi connectivity index (χ1) is 8.56. The number of rotatable bonds is 3. The van der Waals surface area contributed by atoms with Gasteiger partial charge in [-0.3, -0.25) is 0 Å². The van der Waals surface area contributed by atoms with Crippen LogP contribution in [0, 0.1) is 11.8 Å². The van der Waals surface area contributed by atoms with Crippen molar-refractivity contribution < 1.29 is 10.2 Å². The molecule has 2 rings (SSSR count). The predicted octanol–water partition coefficient (Wildman–Crippen LogP) is 3.01. The Kier molecular flexibility index (Phi) is 4.12. The number of phenols is 2. The lowest BCUT2D eigenvalue weighted by atomic mass is 9.80. The van der Waals surface area contributed by atoms with Crippen molar-refractivity contribution in [3.05, 3.63) is 23.8 Å². The Morgan fingerprint density at radius 2 is 1.94 bits per heavy atom. The van der Waals surface area contributed by atoms with E-state index in [0.717, 1.165) is 18.0 Å². The number of hydrogen-bond donors (Lipinski definition) is 3. The first kappa shape index (κ1) is 13.2. The molecule has 3 unspecified atom stereocenters. The molecular formula is C15H23NO2. The van der Waals surface area contributed by atoms with Gasteiger partial charge in [0, 0.05) is 12.6 Å². The van der Waals surface area contributed by atoms with E-state index in [1.54, 1.807) is 12.1 Å². The van der Waals surface area contributed by atoms with Crippen molar-refractivity contribution in [1.82, 2.24) is 5.32 Å². The second-order valence-electron chi connectivity index (χ2n) is 5.71. The Labute approximate surface area is 109 Å². The van der Waals surface area contributed by atoms with E-state index >= 15 is 0 Å². The smallest absolute Gasteiger partial charge is 0.157 e. The molecule has 1 aliphatic carbocycles. The molecule has 1 aromatic rings. The highest BCUT2D eigenvalue weighted by Crippen LogP contribution is 2.29. The quantitative estimate of drug-likeness (QED) is 0.722. The van der Waals surface area contributed by atoms with Crippen molar-refractivity contribution >= 4 is 0 Å². The highest BCUT2D eigenvalue weighted by atomic mass is 16.3. The maximum Gasteiger partial charge on any atom is 0.157 e. The lowest BCUT2D eigenvalue weighted by Gasteiger charge is -2.33. The molecule has 1 fully saturated rings. The van der Waals surface area contributed by atoms with Crippen LogP contribution in [0.1, 0.15) is 38.7 Å². The van der Waals surface area contributed by atoms with Gasteiger partial charge in [0.15, 0.2) is 11.5 Å². The standard InChI is InChI=1S/C15H23NO2/c1-10-3-5-13(11(2)7-10)16-9-12-4-6-14(17)15(18)8-12/h4,6,8,10-11,13,16-18H,3,5,7,9H2,1-2H3. The minimum atomic E-state index is -0.0568. The Morgan fingerprint density at radius 1 is 1.17 bits per heavy atom. The van der Waals surface area contributed by atoms with Gasteiger partial charge in [0.05, 0.1) is 0 Å². The van der Waals surface area contributed by atoms with Gasteiger partial charge in [-0.15, -0.1) is 0 Å². The van der Waals surface area contributed by atoms with Crippen LogP contribution in [0.2, 0.25) is 0 Å². The molecule has 0 amide bonds. The van der Waals surface area contributed by atoms with Crippen LogP contribution >= 0.6 is 0 Å². The normalized spacial score (nSPS) is 28.2. The summed E-state index contributed by atoms with van der Waals surface area (Å²) in [5.41, 5.74) is 1.01. The van der Waals surface area contributed by atoms with Gasteiger partial charge in [-0.2, -0.15) is 0 Å². The Hall–Kier alpha value is -1.22. The van der Waals surface area contributed by atoms with E-state index in [1.807, 2.05) is 6.07 Å². The number of phenolic OH excluding ortho intramolecular Hbond substituents is 2. The number of benzene rings is 1. The van der Waals surface area contributed by atoms with Crippen LogP contribution in [-0.2, 0) is 6.54 Å². The van der Waals surface area contributed by atoms with E-state index in [1.165, 1.54) is 19.3 Å². The molecule has 0 bridgehead atoms. The summed E-state index contributed by atoms with van der Waals surface area (Å²) >= 11 is 0. The van der Waals surface area contributed by atoms with Gasteiger partial charge in [-0.1, -0.05) is 19.9 Å². The largest absolute Gasteiger partial charge is 0.504 e. The first-order valence-corrected chi connectivity index (χ1v) is 6.80. The molecule has 0 heterocycles. The summed E-state index contributed by atoms with van der Waals surface area (Å²) in [4.78, 5) is 0. The molecule has 3 N–H and O–H groups in total. The lowest BCUT2D eigenvalue weighted by Crippen LogP contribution is -2.38. The average molecular weight is 249 g/mol. The Bertz CT molecular complexity index is 405. The van der Waals surface area contributed by atoms with Gasteiger partial charge in [0.25, 0.3) is 0 Å². The molecule has 1 aliphatic rings. The van der Waals surface area contributed by atoms with Gasteiger partial charge >= 0.3 is 0 Å². The molecule has 1 saturated carbocycles. The van der Waals surface area contributed by atoms with E-state index in [2.05, 4.69) is 19.2 Å². The molecule has 0 radical (unpaired) electrons. The average Bonchev–Trinajstić information content (AvgIpc) is 2.32. The summed E-state index contributed by atoms with van der Waals surface area (Å²) in [5.74, 6) is 1.45. The van der Waals surface area contributed by atoms with Crippen LogP contribution in [-0.4, -0.2) is 16.3 Å². The summed E-state index contributed by atoms with van der Waals surface area (Å²) in [6, 6.07) is 5.58. The predicted molar refractivity (Wildman–Crippen MR) is 72.6 cm³/mol. The number of hydrogen-bond acceptors (Lipinski definition) is 3. The van der Waals surface area contributed by atoms with Crippen molar-refractivity contribution in [2.75, 3.05) is 0 Å². The minimum absolute atomic E-state index is 0.0420. The SMILES string of the molecule is CC1CCC(NCc2ccc(O)c(O)c2)C(C)C1. The van der Waals surface area contributed by atoms with Crippen LogP contribution < -0.4 is 5.32 Å². The molecule has 3 nitrogen and oxygen atoms in total. The van der Waals surface area contributed by atoms with E-state index in [4.69, 9.17) is 0 Å². The van der Waals surface area contributed by atoms with Crippen LogP contribution in [0.25, 0.3) is 0 Å². The molecular weight excluding hydrogens is 226 g/mol. The molecule has 3 heteroatoms. The molecule has 0 saturated heterocycles. The van der Waals surface area contributed by atoms with E-state index in [-0.39, 0.29) is 11.5 Å². The second-order valence-corrected chi connectivity index (χ2v) is 5.71. The van der Waals surface area contributed by atoms with E-state index in [0.29, 0.717) is 12.0 Å².